The zero-order chi connectivity index (χ0) is 21.4. The summed E-state index contributed by atoms with van der Waals surface area (Å²) >= 11 is 0. The minimum Gasteiger partial charge on any atom is -0.364 e. The summed E-state index contributed by atoms with van der Waals surface area (Å²) in [6, 6.07) is 2.33. The fourth-order valence-electron chi connectivity index (χ4n) is 4.33. The number of aliphatic imine (C=N–C) groups is 1. The molecule has 30 heavy (non-hydrogen) atoms. The zero-order valence-corrected chi connectivity index (χ0v) is 19.1. The lowest BCUT2D eigenvalue weighted by molar-refractivity contribution is 0.190. The summed E-state index contributed by atoms with van der Waals surface area (Å²) in [6.45, 7) is 4.10. The van der Waals surface area contributed by atoms with Crippen LogP contribution in [0.3, 0.4) is 0 Å². The molecule has 9 nitrogen and oxygen atoms in total. The third kappa shape index (κ3) is 6.42. The second-order valence-electron chi connectivity index (χ2n) is 8.23. The number of guanidine groups is 1. The molecule has 0 radical (unpaired) electrons. The van der Waals surface area contributed by atoms with Crippen molar-refractivity contribution >= 4 is 16.0 Å². The lowest BCUT2D eigenvalue weighted by Gasteiger charge is -2.36. The van der Waals surface area contributed by atoms with E-state index in [2.05, 4.69) is 32.3 Å². The molecule has 1 aromatic heterocycles. The average Bonchev–Trinajstić information content (AvgIpc) is 3.27. The first-order valence-corrected chi connectivity index (χ1v) is 12.6. The van der Waals surface area contributed by atoms with Gasteiger partial charge in [-0.1, -0.05) is 24.4 Å². The lowest BCUT2D eigenvalue weighted by Crippen LogP contribution is -2.54. The van der Waals surface area contributed by atoms with Crippen LogP contribution in [0, 0.1) is 0 Å². The summed E-state index contributed by atoms with van der Waals surface area (Å²) in [4.78, 5) is 9.03. The topological polar surface area (TPSA) is 94.3 Å². The van der Waals surface area contributed by atoms with Gasteiger partial charge in [0.2, 0.25) is 10.0 Å². The van der Waals surface area contributed by atoms with Crippen molar-refractivity contribution in [3.63, 3.8) is 0 Å². The normalized spacial score (nSPS) is 20.1. The number of sulfonamides is 1. The number of hydrogen-bond acceptors (Lipinski definition) is 6. The molecule has 3 rings (SSSR count). The van der Waals surface area contributed by atoms with E-state index < -0.39 is 10.0 Å². The van der Waals surface area contributed by atoms with Gasteiger partial charge in [0, 0.05) is 51.9 Å². The molecule has 1 aliphatic heterocycles. The molecule has 1 N–H and O–H groups in total. The van der Waals surface area contributed by atoms with Crippen molar-refractivity contribution in [1.29, 1.82) is 0 Å². The number of nitrogens with one attached hydrogen (secondary N) is 1. The van der Waals surface area contributed by atoms with Gasteiger partial charge in [-0.3, -0.25) is 4.99 Å². The molecule has 1 saturated carbocycles. The maximum absolute atomic E-state index is 12.6. The number of nitrogens with zero attached hydrogens (tertiary/aromatic N) is 5. The predicted molar refractivity (Wildman–Crippen MR) is 118 cm³/mol. The van der Waals surface area contributed by atoms with Gasteiger partial charge in [0.15, 0.2) is 5.96 Å². The van der Waals surface area contributed by atoms with Crippen molar-refractivity contribution in [3.8, 4) is 0 Å². The van der Waals surface area contributed by atoms with Crippen LogP contribution in [-0.4, -0.2) is 93.0 Å². The molecule has 1 aromatic rings. The Labute approximate surface area is 180 Å². The molecule has 1 aliphatic carbocycles. The number of rotatable bonds is 8. The van der Waals surface area contributed by atoms with E-state index in [9.17, 15) is 8.42 Å². The molecule has 10 heteroatoms. The maximum Gasteiger partial charge on any atom is 0.220 e. The summed E-state index contributed by atoms with van der Waals surface area (Å²) in [6.07, 6.45) is 9.23. The van der Waals surface area contributed by atoms with Gasteiger partial charge < -0.3 is 19.6 Å². The van der Waals surface area contributed by atoms with E-state index in [1.807, 2.05) is 0 Å². The van der Waals surface area contributed by atoms with Gasteiger partial charge in [0.05, 0.1) is 5.69 Å². The first-order chi connectivity index (χ1) is 14.5. The molecule has 0 spiro atoms. The van der Waals surface area contributed by atoms with Crippen LogP contribution in [0.25, 0.3) is 0 Å². The smallest absolute Gasteiger partial charge is 0.220 e. The largest absolute Gasteiger partial charge is 0.364 e. The number of piperazine rings is 1. The van der Waals surface area contributed by atoms with E-state index in [-0.39, 0.29) is 5.75 Å². The van der Waals surface area contributed by atoms with Crippen molar-refractivity contribution in [3.05, 3.63) is 18.0 Å². The summed E-state index contributed by atoms with van der Waals surface area (Å²) < 4.78 is 31.4. The molecule has 0 atom stereocenters. The fraction of sp³-hybridized carbons (Fsp3) is 0.800. The minimum absolute atomic E-state index is 0.120. The molecule has 2 fully saturated rings. The second kappa shape index (κ2) is 11.1. The SMILES string of the molecule is CN=C(NCCCN(C)C1CCCCC1)N1CCN(S(=O)(=O)Cc2ccon2)CC1. The highest BCUT2D eigenvalue weighted by molar-refractivity contribution is 7.88. The van der Waals surface area contributed by atoms with Crippen LogP contribution in [0.1, 0.15) is 44.2 Å². The van der Waals surface area contributed by atoms with Crippen molar-refractivity contribution < 1.29 is 12.9 Å². The van der Waals surface area contributed by atoms with Gasteiger partial charge >= 0.3 is 0 Å². The van der Waals surface area contributed by atoms with Gasteiger partial charge in [-0.2, -0.15) is 4.31 Å². The van der Waals surface area contributed by atoms with Crippen molar-refractivity contribution in [2.24, 2.45) is 4.99 Å². The van der Waals surface area contributed by atoms with E-state index in [1.165, 1.54) is 42.7 Å². The van der Waals surface area contributed by atoms with Crippen LogP contribution in [-0.2, 0) is 15.8 Å². The second-order valence-corrected chi connectivity index (χ2v) is 10.2. The lowest BCUT2D eigenvalue weighted by atomic mass is 9.94. The maximum atomic E-state index is 12.6. The Balaban J connectivity index is 1.38. The van der Waals surface area contributed by atoms with Crippen molar-refractivity contribution in [2.45, 2.75) is 50.3 Å². The Morgan fingerprint density at radius 2 is 2.00 bits per heavy atom. The van der Waals surface area contributed by atoms with Crippen LogP contribution >= 0.6 is 0 Å². The van der Waals surface area contributed by atoms with Gasteiger partial charge in [-0.15, -0.1) is 0 Å². The van der Waals surface area contributed by atoms with E-state index in [1.54, 1.807) is 13.1 Å². The molecule has 0 aromatic carbocycles. The first kappa shape index (κ1) is 23.0. The summed E-state index contributed by atoms with van der Waals surface area (Å²) in [5.74, 6) is 0.731. The Kier molecular flexibility index (Phi) is 8.52. The van der Waals surface area contributed by atoms with Crippen molar-refractivity contribution in [2.75, 3.05) is 53.4 Å². The van der Waals surface area contributed by atoms with Gasteiger partial charge in [0.25, 0.3) is 0 Å². The van der Waals surface area contributed by atoms with E-state index in [4.69, 9.17) is 4.52 Å². The van der Waals surface area contributed by atoms with Gasteiger partial charge in [-0.05, 0) is 32.9 Å². The van der Waals surface area contributed by atoms with Gasteiger partial charge in [-0.25, -0.2) is 8.42 Å². The molecule has 2 heterocycles. The average molecular weight is 441 g/mol. The molecular weight excluding hydrogens is 404 g/mol. The highest BCUT2D eigenvalue weighted by Crippen LogP contribution is 2.21. The third-order valence-corrected chi connectivity index (χ3v) is 7.95. The molecule has 170 valence electrons. The third-order valence-electron chi connectivity index (χ3n) is 6.13. The predicted octanol–water partition coefficient (Wildman–Crippen LogP) is 1.35. The van der Waals surface area contributed by atoms with E-state index >= 15 is 0 Å². The summed E-state index contributed by atoms with van der Waals surface area (Å²) in [7, 11) is 0.637. The Hall–Kier alpha value is -1.65. The van der Waals surface area contributed by atoms with Crippen molar-refractivity contribution in [1.82, 2.24) is 24.6 Å². The zero-order valence-electron chi connectivity index (χ0n) is 18.3. The van der Waals surface area contributed by atoms with Crippen LogP contribution in [0.4, 0.5) is 0 Å². The summed E-state index contributed by atoms with van der Waals surface area (Å²) in [5, 5.41) is 7.16. The van der Waals surface area contributed by atoms with Crippen LogP contribution in [0.15, 0.2) is 21.8 Å². The fourth-order valence-corrected chi connectivity index (χ4v) is 5.76. The van der Waals surface area contributed by atoms with E-state index in [0.717, 1.165) is 31.5 Å². The summed E-state index contributed by atoms with van der Waals surface area (Å²) in [5.41, 5.74) is 0.438. The minimum atomic E-state index is -3.39. The molecule has 0 amide bonds. The highest BCUT2D eigenvalue weighted by atomic mass is 32.2. The first-order valence-electron chi connectivity index (χ1n) is 11.0. The van der Waals surface area contributed by atoms with E-state index in [0.29, 0.717) is 31.9 Å². The quantitative estimate of drug-likeness (QED) is 0.370. The molecular formula is C20H36N6O3S. The number of aromatic nitrogens is 1. The monoisotopic (exact) mass is 440 g/mol. The molecule has 0 bridgehead atoms. The molecule has 2 aliphatic rings. The Morgan fingerprint density at radius 1 is 1.27 bits per heavy atom. The number of hydrogen-bond donors (Lipinski definition) is 1. The Bertz CT molecular complexity index is 754. The highest BCUT2D eigenvalue weighted by Gasteiger charge is 2.29. The van der Waals surface area contributed by atoms with Crippen LogP contribution in [0.2, 0.25) is 0 Å². The van der Waals surface area contributed by atoms with Crippen LogP contribution < -0.4 is 5.32 Å². The Morgan fingerprint density at radius 3 is 2.63 bits per heavy atom. The van der Waals surface area contributed by atoms with Crippen LogP contribution in [0.5, 0.6) is 0 Å². The molecule has 1 saturated heterocycles. The standard InChI is InChI=1S/C20H36N6O3S/c1-21-20(22-10-6-11-24(2)19-7-4-3-5-8-19)25-12-14-26(15-13-25)30(27,28)17-18-9-16-29-23-18/h9,16,19H,3-8,10-15,17H2,1-2H3,(H,21,22). The molecule has 0 unspecified atom stereocenters. The van der Waals surface area contributed by atoms with Gasteiger partial charge in [0.1, 0.15) is 12.0 Å².